The SMILES string of the molecule is CCCCCCOC1CCC(C2CCC(OCCCC)CC2)CC1. The number of unbranched alkanes of at least 4 members (excludes halogenated alkanes) is 4. The topological polar surface area (TPSA) is 18.5 Å². The molecular formula is C22H42O2. The molecule has 2 heteroatoms. The van der Waals surface area contributed by atoms with Crippen molar-refractivity contribution in [2.45, 2.75) is 116 Å². The van der Waals surface area contributed by atoms with E-state index in [-0.39, 0.29) is 0 Å². The highest BCUT2D eigenvalue weighted by atomic mass is 16.5. The normalized spacial score (nSPS) is 31.2. The van der Waals surface area contributed by atoms with E-state index in [1.165, 1.54) is 89.9 Å². The number of rotatable bonds is 11. The first-order valence-corrected chi connectivity index (χ1v) is 11.1. The van der Waals surface area contributed by atoms with Crippen LogP contribution in [0.2, 0.25) is 0 Å². The Labute approximate surface area is 151 Å². The Bertz CT molecular complexity index is 288. The van der Waals surface area contributed by atoms with Crippen molar-refractivity contribution < 1.29 is 9.47 Å². The van der Waals surface area contributed by atoms with Crippen molar-refractivity contribution >= 4 is 0 Å². The molecule has 0 saturated heterocycles. The Hall–Kier alpha value is -0.0800. The van der Waals surface area contributed by atoms with E-state index in [0.717, 1.165) is 25.0 Å². The Kier molecular flexibility index (Phi) is 10.4. The molecule has 0 aliphatic heterocycles. The van der Waals surface area contributed by atoms with E-state index in [9.17, 15) is 0 Å². The van der Waals surface area contributed by atoms with Gasteiger partial charge in [0.2, 0.25) is 0 Å². The van der Waals surface area contributed by atoms with Crippen molar-refractivity contribution in [1.29, 1.82) is 0 Å². The molecule has 0 spiro atoms. The van der Waals surface area contributed by atoms with Crippen LogP contribution in [0.15, 0.2) is 0 Å². The van der Waals surface area contributed by atoms with Crippen LogP contribution in [0.5, 0.6) is 0 Å². The van der Waals surface area contributed by atoms with Gasteiger partial charge in [-0.15, -0.1) is 0 Å². The molecule has 0 bridgehead atoms. The van der Waals surface area contributed by atoms with Gasteiger partial charge in [0.05, 0.1) is 12.2 Å². The lowest BCUT2D eigenvalue weighted by molar-refractivity contribution is -0.0119. The summed E-state index contributed by atoms with van der Waals surface area (Å²) in [6, 6.07) is 0. The molecule has 0 aromatic heterocycles. The molecule has 142 valence electrons. The molecular weight excluding hydrogens is 296 g/mol. The Morgan fingerprint density at radius 1 is 0.542 bits per heavy atom. The third-order valence-electron chi connectivity index (χ3n) is 6.31. The van der Waals surface area contributed by atoms with Crippen LogP contribution in [0.4, 0.5) is 0 Å². The van der Waals surface area contributed by atoms with Crippen molar-refractivity contribution in [3.63, 3.8) is 0 Å². The van der Waals surface area contributed by atoms with E-state index in [1.54, 1.807) is 0 Å². The molecule has 0 atom stereocenters. The lowest BCUT2D eigenvalue weighted by atomic mass is 9.72. The number of hydrogen-bond donors (Lipinski definition) is 0. The maximum Gasteiger partial charge on any atom is 0.0575 e. The standard InChI is InChI=1S/C22H42O2/c1-3-5-7-8-18-24-22-15-11-20(12-16-22)19-9-13-21(14-10-19)23-17-6-4-2/h19-22H,3-18H2,1-2H3. The fourth-order valence-corrected chi connectivity index (χ4v) is 4.63. The third kappa shape index (κ3) is 7.44. The molecule has 24 heavy (non-hydrogen) atoms. The van der Waals surface area contributed by atoms with Crippen LogP contribution in [0, 0.1) is 11.8 Å². The molecule has 2 aliphatic carbocycles. The van der Waals surface area contributed by atoms with Gasteiger partial charge in [0.15, 0.2) is 0 Å². The minimum absolute atomic E-state index is 0.565. The van der Waals surface area contributed by atoms with Gasteiger partial charge in [0.1, 0.15) is 0 Å². The molecule has 0 unspecified atom stereocenters. The summed E-state index contributed by atoms with van der Waals surface area (Å²) in [6.07, 6.45) is 19.8. The predicted molar refractivity (Wildman–Crippen MR) is 102 cm³/mol. The molecule has 0 N–H and O–H groups in total. The van der Waals surface area contributed by atoms with E-state index in [0.29, 0.717) is 12.2 Å². The second kappa shape index (κ2) is 12.3. The van der Waals surface area contributed by atoms with Gasteiger partial charge in [-0.3, -0.25) is 0 Å². The Morgan fingerprint density at radius 3 is 1.46 bits per heavy atom. The quantitative estimate of drug-likeness (QED) is 0.399. The van der Waals surface area contributed by atoms with Gasteiger partial charge in [-0.2, -0.15) is 0 Å². The zero-order valence-corrected chi connectivity index (χ0v) is 16.4. The average molecular weight is 339 g/mol. The molecule has 2 fully saturated rings. The van der Waals surface area contributed by atoms with Crippen LogP contribution in [0.3, 0.4) is 0 Å². The zero-order valence-electron chi connectivity index (χ0n) is 16.4. The lowest BCUT2D eigenvalue weighted by Crippen LogP contribution is -2.30. The van der Waals surface area contributed by atoms with Crippen LogP contribution < -0.4 is 0 Å². The first-order chi connectivity index (χ1) is 11.8. The van der Waals surface area contributed by atoms with Gasteiger partial charge < -0.3 is 9.47 Å². The van der Waals surface area contributed by atoms with Crippen molar-refractivity contribution in [1.82, 2.24) is 0 Å². The second-order valence-corrected chi connectivity index (χ2v) is 8.23. The summed E-state index contributed by atoms with van der Waals surface area (Å²) in [5.41, 5.74) is 0. The summed E-state index contributed by atoms with van der Waals surface area (Å²) in [4.78, 5) is 0. The Morgan fingerprint density at radius 2 is 1.00 bits per heavy atom. The molecule has 2 saturated carbocycles. The van der Waals surface area contributed by atoms with E-state index < -0.39 is 0 Å². The molecule has 2 aliphatic rings. The van der Waals surface area contributed by atoms with Gasteiger partial charge in [0.25, 0.3) is 0 Å². The maximum absolute atomic E-state index is 6.12. The van der Waals surface area contributed by atoms with Gasteiger partial charge in [-0.25, -0.2) is 0 Å². The Balaban J connectivity index is 1.53. The third-order valence-corrected chi connectivity index (χ3v) is 6.31. The fraction of sp³-hybridized carbons (Fsp3) is 1.00. The van der Waals surface area contributed by atoms with Gasteiger partial charge in [0, 0.05) is 13.2 Å². The van der Waals surface area contributed by atoms with E-state index in [4.69, 9.17) is 9.47 Å². The first kappa shape index (κ1) is 20.2. The van der Waals surface area contributed by atoms with E-state index in [1.807, 2.05) is 0 Å². The molecule has 0 aromatic carbocycles. The summed E-state index contributed by atoms with van der Waals surface area (Å²) in [5.74, 6) is 1.95. The van der Waals surface area contributed by atoms with Crippen LogP contribution in [-0.4, -0.2) is 25.4 Å². The molecule has 0 heterocycles. The predicted octanol–water partition coefficient (Wildman–Crippen LogP) is 6.52. The number of ether oxygens (including phenoxy) is 2. The van der Waals surface area contributed by atoms with Crippen molar-refractivity contribution in [3.8, 4) is 0 Å². The monoisotopic (exact) mass is 338 g/mol. The summed E-state index contributed by atoms with van der Waals surface area (Å²) in [6.45, 7) is 6.49. The van der Waals surface area contributed by atoms with E-state index >= 15 is 0 Å². The van der Waals surface area contributed by atoms with Crippen LogP contribution in [0.1, 0.15) is 104 Å². The van der Waals surface area contributed by atoms with E-state index in [2.05, 4.69) is 13.8 Å². The molecule has 2 nitrogen and oxygen atoms in total. The van der Waals surface area contributed by atoms with Gasteiger partial charge >= 0.3 is 0 Å². The van der Waals surface area contributed by atoms with Crippen LogP contribution >= 0.6 is 0 Å². The second-order valence-electron chi connectivity index (χ2n) is 8.23. The maximum atomic E-state index is 6.12. The van der Waals surface area contributed by atoms with Gasteiger partial charge in [-0.1, -0.05) is 39.5 Å². The van der Waals surface area contributed by atoms with Crippen molar-refractivity contribution in [3.05, 3.63) is 0 Å². The molecule has 2 rings (SSSR count). The first-order valence-electron chi connectivity index (χ1n) is 11.1. The molecule has 0 amide bonds. The highest BCUT2D eigenvalue weighted by Crippen LogP contribution is 2.39. The zero-order chi connectivity index (χ0) is 17.0. The summed E-state index contributed by atoms with van der Waals surface area (Å²) in [7, 11) is 0. The highest BCUT2D eigenvalue weighted by molar-refractivity contribution is 4.82. The summed E-state index contributed by atoms with van der Waals surface area (Å²) >= 11 is 0. The van der Waals surface area contributed by atoms with Gasteiger partial charge in [-0.05, 0) is 76.0 Å². The minimum Gasteiger partial charge on any atom is -0.378 e. The minimum atomic E-state index is 0.565. The number of hydrogen-bond acceptors (Lipinski definition) is 2. The highest BCUT2D eigenvalue weighted by Gasteiger charge is 2.31. The summed E-state index contributed by atoms with van der Waals surface area (Å²) < 4.78 is 12.1. The van der Waals surface area contributed by atoms with Crippen LogP contribution in [0.25, 0.3) is 0 Å². The van der Waals surface area contributed by atoms with Crippen molar-refractivity contribution in [2.75, 3.05) is 13.2 Å². The molecule has 0 radical (unpaired) electrons. The lowest BCUT2D eigenvalue weighted by Gasteiger charge is -2.37. The smallest absolute Gasteiger partial charge is 0.0575 e. The fourth-order valence-electron chi connectivity index (χ4n) is 4.63. The largest absolute Gasteiger partial charge is 0.378 e. The van der Waals surface area contributed by atoms with Crippen LogP contribution in [-0.2, 0) is 9.47 Å². The molecule has 0 aromatic rings. The average Bonchev–Trinajstić information content (AvgIpc) is 2.63. The van der Waals surface area contributed by atoms with Crippen molar-refractivity contribution in [2.24, 2.45) is 11.8 Å². The summed E-state index contributed by atoms with van der Waals surface area (Å²) in [5, 5.41) is 0.